The van der Waals surface area contributed by atoms with E-state index in [2.05, 4.69) is 20.4 Å². The van der Waals surface area contributed by atoms with Crippen molar-refractivity contribution in [2.24, 2.45) is 4.99 Å². The molecule has 12 heteroatoms. The number of aryl methyl sites for hydroxylation is 1. The first-order chi connectivity index (χ1) is 16.9. The van der Waals surface area contributed by atoms with E-state index in [1.807, 2.05) is 25.1 Å². The van der Waals surface area contributed by atoms with Gasteiger partial charge in [0.05, 0.1) is 0 Å². The van der Waals surface area contributed by atoms with Gasteiger partial charge < -0.3 is 15.4 Å². The van der Waals surface area contributed by atoms with E-state index in [-0.39, 0.29) is 37.3 Å². The van der Waals surface area contributed by atoms with Crippen LogP contribution < -0.4 is 15.4 Å². The highest BCUT2D eigenvalue weighted by Crippen LogP contribution is 2.33. The van der Waals surface area contributed by atoms with Gasteiger partial charge in [0.1, 0.15) is 17.1 Å². The van der Waals surface area contributed by atoms with Gasteiger partial charge in [-0.15, -0.1) is 13.2 Å². The topological polar surface area (TPSA) is 100 Å². The number of carbonyl (C=O) groups excluding carboxylic acids is 1. The summed E-state index contributed by atoms with van der Waals surface area (Å²) in [4.78, 5) is 17.3. The smallest absolute Gasteiger partial charge is 0.406 e. The van der Waals surface area contributed by atoms with Crippen LogP contribution in [0.15, 0.2) is 52.9 Å². The van der Waals surface area contributed by atoms with Crippen LogP contribution in [-0.4, -0.2) is 56.5 Å². The maximum Gasteiger partial charge on any atom is 0.573 e. The first kappa shape index (κ1) is 25.7. The third kappa shape index (κ3) is 5.54. The van der Waals surface area contributed by atoms with Crippen molar-refractivity contribution in [3.05, 3.63) is 64.6 Å². The van der Waals surface area contributed by atoms with Crippen LogP contribution in [0.2, 0.25) is 0 Å². The number of hydrogen-bond donors (Lipinski definition) is 2. The first-order valence-electron chi connectivity index (χ1n) is 11.1. The number of hydrogen-bond acceptors (Lipinski definition) is 6. The van der Waals surface area contributed by atoms with E-state index in [0.29, 0.717) is 0 Å². The Labute approximate surface area is 206 Å². The van der Waals surface area contributed by atoms with Crippen molar-refractivity contribution in [1.29, 1.82) is 0 Å². The Hall–Kier alpha value is -3.38. The van der Waals surface area contributed by atoms with E-state index in [1.54, 1.807) is 13.1 Å². The summed E-state index contributed by atoms with van der Waals surface area (Å²) in [6, 6.07) is 10.8. The quantitative estimate of drug-likeness (QED) is 0.604. The normalized spacial score (nSPS) is 18.4. The van der Waals surface area contributed by atoms with Gasteiger partial charge in [-0.25, -0.2) is 8.42 Å². The molecule has 8 nitrogen and oxygen atoms in total. The lowest BCUT2D eigenvalue weighted by atomic mass is 9.89. The predicted octanol–water partition coefficient (Wildman–Crippen LogP) is 3.65. The first-order valence-corrected chi connectivity index (χ1v) is 12.7. The average Bonchev–Trinajstić information content (AvgIpc) is 3.13. The minimum Gasteiger partial charge on any atom is -0.406 e. The van der Waals surface area contributed by atoms with Gasteiger partial charge >= 0.3 is 6.36 Å². The summed E-state index contributed by atoms with van der Waals surface area (Å²) in [7, 11) is -1.93. The molecule has 0 saturated carbocycles. The number of amides is 1. The second kappa shape index (κ2) is 9.58. The number of halogens is 3. The highest BCUT2D eigenvalue weighted by molar-refractivity contribution is 7.92. The second-order valence-electron chi connectivity index (χ2n) is 8.59. The van der Waals surface area contributed by atoms with Crippen LogP contribution in [0.4, 0.5) is 18.9 Å². The number of aliphatic imine (C=N–C) groups is 1. The van der Waals surface area contributed by atoms with Crippen LogP contribution in [0.3, 0.4) is 0 Å². The third-order valence-corrected chi connectivity index (χ3v) is 7.77. The lowest BCUT2D eigenvalue weighted by Gasteiger charge is -2.34. The lowest BCUT2D eigenvalue weighted by molar-refractivity contribution is -0.274. The third-order valence-electron chi connectivity index (χ3n) is 6.21. The number of rotatable bonds is 6. The van der Waals surface area contributed by atoms with Gasteiger partial charge in [0, 0.05) is 36.8 Å². The Morgan fingerprint density at radius 1 is 1.17 bits per heavy atom. The Kier molecular flexibility index (Phi) is 6.84. The van der Waals surface area contributed by atoms with E-state index in [9.17, 15) is 26.4 Å². The number of piperidine rings is 1. The van der Waals surface area contributed by atoms with E-state index in [0.717, 1.165) is 34.4 Å². The van der Waals surface area contributed by atoms with Gasteiger partial charge in [0.25, 0.3) is 5.91 Å². The molecule has 4 rings (SSSR count). The molecule has 0 radical (unpaired) electrons. The molecule has 36 heavy (non-hydrogen) atoms. The number of anilines is 1. The molecule has 2 N–H and O–H groups in total. The summed E-state index contributed by atoms with van der Waals surface area (Å²) in [5.41, 5.74) is 1.70. The molecular formula is C24H25F3N4O4S. The summed E-state index contributed by atoms with van der Waals surface area (Å²) in [5.74, 6) is -0.710. The van der Waals surface area contributed by atoms with Crippen LogP contribution in [0.25, 0.3) is 6.08 Å². The molecule has 192 valence electrons. The highest BCUT2D eigenvalue weighted by Gasteiger charge is 2.47. The van der Waals surface area contributed by atoms with Gasteiger partial charge in [0.15, 0.2) is 0 Å². The van der Waals surface area contributed by atoms with Crippen LogP contribution in [0.5, 0.6) is 5.75 Å². The molecule has 0 aliphatic carbocycles. The molecule has 2 aliphatic rings. The highest BCUT2D eigenvalue weighted by atomic mass is 32.2. The number of carbonyl (C=O) groups is 1. The molecule has 2 aromatic rings. The van der Waals surface area contributed by atoms with Crippen LogP contribution in [0.1, 0.15) is 29.5 Å². The van der Waals surface area contributed by atoms with Crippen molar-refractivity contribution in [2.45, 2.75) is 31.7 Å². The average molecular weight is 523 g/mol. The molecule has 0 aromatic heterocycles. The fraction of sp³-hybridized carbons (Fsp3) is 0.333. The molecule has 2 aliphatic heterocycles. The molecule has 2 aromatic carbocycles. The Balaban J connectivity index is 1.46. The van der Waals surface area contributed by atoms with Crippen LogP contribution in [0, 0.1) is 6.92 Å². The zero-order valence-electron chi connectivity index (χ0n) is 19.6. The molecule has 0 atom stereocenters. The van der Waals surface area contributed by atoms with Gasteiger partial charge in [-0.1, -0.05) is 18.2 Å². The fourth-order valence-corrected chi connectivity index (χ4v) is 5.39. The lowest BCUT2D eigenvalue weighted by Crippen LogP contribution is -2.50. The van der Waals surface area contributed by atoms with Gasteiger partial charge in [-0.05, 0) is 61.2 Å². The van der Waals surface area contributed by atoms with E-state index < -0.39 is 33.6 Å². The second-order valence-corrected chi connectivity index (χ2v) is 10.4. The molecule has 2 heterocycles. The van der Waals surface area contributed by atoms with Crippen molar-refractivity contribution in [2.75, 3.05) is 25.5 Å². The molecule has 0 bridgehead atoms. The van der Waals surface area contributed by atoms with Gasteiger partial charge in [0.2, 0.25) is 10.0 Å². The fourth-order valence-electron chi connectivity index (χ4n) is 4.21. The molecule has 1 fully saturated rings. The number of ether oxygens (including phenoxy) is 1. The number of nitrogens with zero attached hydrogens (tertiary/aromatic N) is 2. The van der Waals surface area contributed by atoms with Crippen molar-refractivity contribution < 1.29 is 31.1 Å². The standard InChI is InChI=1S/C24H25F3N4O4S/c1-16-14-19(28-2)7-6-17(16)8-13-36(33,34)31-11-9-23(10-12-31)22(32)29-21(30-23)18-4-3-5-20(15-18)35-24(25,26)27/h3-8,13-15,28H,9-12H2,1-2H3,(H,29,30,32). The number of amidine groups is 1. The molecular weight excluding hydrogens is 497 g/mol. The Morgan fingerprint density at radius 2 is 1.89 bits per heavy atom. The van der Waals surface area contributed by atoms with Crippen molar-refractivity contribution >= 4 is 33.5 Å². The SMILES string of the molecule is CNc1ccc(C=CS(=O)(=O)N2CCC3(CC2)N=C(c2cccc(OC(F)(F)F)c2)NC3=O)c(C)c1. The maximum atomic E-state index is 12.9. The minimum absolute atomic E-state index is 0.0752. The predicted molar refractivity (Wildman–Crippen MR) is 130 cm³/mol. The van der Waals surface area contributed by atoms with E-state index >= 15 is 0 Å². The summed E-state index contributed by atoms with van der Waals surface area (Å²) in [5, 5.41) is 6.80. The summed E-state index contributed by atoms with van der Waals surface area (Å²) in [6.45, 7) is 2.04. The van der Waals surface area contributed by atoms with Crippen molar-refractivity contribution in [1.82, 2.24) is 9.62 Å². The molecule has 0 unspecified atom stereocenters. The largest absolute Gasteiger partial charge is 0.573 e. The number of benzene rings is 2. The molecule has 1 spiro atoms. The van der Waals surface area contributed by atoms with Gasteiger partial charge in [-0.3, -0.25) is 9.79 Å². The number of nitrogens with one attached hydrogen (secondary N) is 2. The minimum atomic E-state index is -4.85. The van der Waals surface area contributed by atoms with Crippen LogP contribution in [-0.2, 0) is 14.8 Å². The van der Waals surface area contributed by atoms with Crippen molar-refractivity contribution in [3.8, 4) is 5.75 Å². The zero-order valence-corrected chi connectivity index (χ0v) is 20.4. The summed E-state index contributed by atoms with van der Waals surface area (Å²) >= 11 is 0. The summed E-state index contributed by atoms with van der Waals surface area (Å²) < 4.78 is 68.7. The molecule has 1 amide bonds. The Bertz CT molecular complexity index is 1330. The van der Waals surface area contributed by atoms with Crippen LogP contribution >= 0.6 is 0 Å². The maximum absolute atomic E-state index is 12.9. The number of alkyl halides is 3. The summed E-state index contributed by atoms with van der Waals surface area (Å²) in [6.07, 6.45) is -3.01. The number of sulfonamides is 1. The van der Waals surface area contributed by atoms with Gasteiger partial charge in [-0.2, -0.15) is 4.31 Å². The monoisotopic (exact) mass is 522 g/mol. The zero-order chi connectivity index (χ0) is 26.1. The van der Waals surface area contributed by atoms with Crippen molar-refractivity contribution in [3.63, 3.8) is 0 Å². The van der Waals surface area contributed by atoms with E-state index in [1.165, 1.54) is 16.4 Å². The molecule has 1 saturated heterocycles. The Morgan fingerprint density at radius 3 is 2.53 bits per heavy atom. The van der Waals surface area contributed by atoms with E-state index in [4.69, 9.17) is 0 Å².